The second-order valence-corrected chi connectivity index (χ2v) is 8.83. The van der Waals surface area contributed by atoms with Gasteiger partial charge in [-0.15, -0.1) is 0 Å². The molecule has 0 unspecified atom stereocenters. The van der Waals surface area contributed by atoms with Gasteiger partial charge < -0.3 is 10.2 Å². The molecule has 1 aromatic carbocycles. The molecule has 7 heteroatoms. The minimum atomic E-state index is -0.728. The molecule has 0 radical (unpaired) electrons. The summed E-state index contributed by atoms with van der Waals surface area (Å²) in [5, 5.41) is 2.87. The van der Waals surface area contributed by atoms with Crippen LogP contribution in [0.15, 0.2) is 24.3 Å². The number of hydrogen-bond donors (Lipinski definition) is 1. The number of urea groups is 1. The number of carbonyl (C=O) groups excluding carboxylic acids is 3. The predicted molar refractivity (Wildman–Crippen MR) is 110 cm³/mol. The summed E-state index contributed by atoms with van der Waals surface area (Å²) in [6.45, 7) is 0.699. The highest BCUT2D eigenvalue weighted by molar-refractivity contribution is 6.07. The third kappa shape index (κ3) is 4.20. The first-order chi connectivity index (χ1) is 14.5. The second kappa shape index (κ2) is 8.74. The maximum Gasteiger partial charge on any atom is 0.325 e. The van der Waals surface area contributed by atoms with Gasteiger partial charge in [0.15, 0.2) is 0 Å². The van der Waals surface area contributed by atoms with Crippen LogP contribution in [0, 0.1) is 5.82 Å². The molecule has 3 fully saturated rings. The summed E-state index contributed by atoms with van der Waals surface area (Å²) in [5.41, 5.74) is 0.262. The molecule has 0 atom stereocenters. The van der Waals surface area contributed by atoms with E-state index in [1.54, 1.807) is 12.1 Å². The van der Waals surface area contributed by atoms with Crippen molar-refractivity contribution in [2.75, 3.05) is 13.1 Å². The summed E-state index contributed by atoms with van der Waals surface area (Å²) in [6, 6.07) is 6.22. The van der Waals surface area contributed by atoms with Crippen LogP contribution in [0.4, 0.5) is 9.18 Å². The van der Waals surface area contributed by atoms with Crippen LogP contribution in [0.1, 0.15) is 63.4 Å². The van der Waals surface area contributed by atoms with E-state index in [0.29, 0.717) is 25.8 Å². The fourth-order valence-electron chi connectivity index (χ4n) is 5.18. The highest BCUT2D eigenvalue weighted by Crippen LogP contribution is 2.35. The third-order valence-electron chi connectivity index (χ3n) is 6.89. The molecule has 4 rings (SSSR count). The summed E-state index contributed by atoms with van der Waals surface area (Å²) < 4.78 is 13.2. The molecule has 2 aliphatic carbocycles. The number of amides is 4. The van der Waals surface area contributed by atoms with Crippen LogP contribution in [0.2, 0.25) is 0 Å². The molecule has 30 heavy (non-hydrogen) atoms. The van der Waals surface area contributed by atoms with Crippen molar-refractivity contribution in [2.45, 2.75) is 75.8 Å². The highest BCUT2D eigenvalue weighted by Gasteiger charge is 2.52. The van der Waals surface area contributed by atoms with E-state index in [9.17, 15) is 18.8 Å². The maximum atomic E-state index is 13.2. The first kappa shape index (κ1) is 20.8. The smallest absolute Gasteiger partial charge is 0.325 e. The van der Waals surface area contributed by atoms with E-state index in [4.69, 9.17) is 0 Å². The number of nitrogens with zero attached hydrogens (tertiary/aromatic N) is 2. The number of rotatable bonds is 7. The molecule has 2 saturated carbocycles. The lowest BCUT2D eigenvalue weighted by Crippen LogP contribution is -2.45. The fourth-order valence-corrected chi connectivity index (χ4v) is 5.18. The van der Waals surface area contributed by atoms with Crippen LogP contribution in [-0.4, -0.2) is 52.3 Å². The van der Waals surface area contributed by atoms with Gasteiger partial charge in [-0.1, -0.05) is 37.8 Å². The molecular weight excluding hydrogens is 385 g/mol. The fraction of sp³-hybridized carbons (Fsp3) is 0.609. The van der Waals surface area contributed by atoms with E-state index in [1.165, 1.54) is 17.0 Å². The molecule has 1 aromatic rings. The second-order valence-electron chi connectivity index (χ2n) is 8.83. The van der Waals surface area contributed by atoms with Crippen LogP contribution in [0.3, 0.4) is 0 Å². The molecule has 0 aromatic heterocycles. The lowest BCUT2D eigenvalue weighted by atomic mass is 9.98. The Balaban J connectivity index is 1.37. The van der Waals surface area contributed by atoms with E-state index in [1.807, 2.05) is 4.90 Å². The van der Waals surface area contributed by atoms with Gasteiger partial charge in [0.05, 0.1) is 0 Å². The zero-order valence-corrected chi connectivity index (χ0v) is 17.4. The monoisotopic (exact) mass is 415 g/mol. The Bertz CT molecular complexity index is 798. The van der Waals surface area contributed by atoms with Crippen molar-refractivity contribution in [1.29, 1.82) is 0 Å². The van der Waals surface area contributed by atoms with Crippen LogP contribution in [0.5, 0.6) is 0 Å². The minimum Gasteiger partial charge on any atom is -0.339 e. The Morgan fingerprint density at radius 1 is 1.10 bits per heavy atom. The van der Waals surface area contributed by atoms with Gasteiger partial charge in [0, 0.05) is 25.6 Å². The number of hydrogen-bond acceptors (Lipinski definition) is 3. The summed E-state index contributed by atoms with van der Waals surface area (Å²) in [5.74, 6) is -0.454. The highest BCUT2D eigenvalue weighted by atomic mass is 19.1. The number of benzene rings is 1. The topological polar surface area (TPSA) is 69.7 Å². The van der Waals surface area contributed by atoms with Gasteiger partial charge >= 0.3 is 6.03 Å². The van der Waals surface area contributed by atoms with Crippen molar-refractivity contribution >= 4 is 17.8 Å². The maximum absolute atomic E-state index is 13.2. The molecule has 1 spiro atoms. The Morgan fingerprint density at radius 3 is 2.43 bits per heavy atom. The molecule has 162 valence electrons. The Hall–Kier alpha value is -2.44. The number of carbonyl (C=O) groups is 3. The van der Waals surface area contributed by atoms with E-state index < -0.39 is 5.54 Å². The van der Waals surface area contributed by atoms with Crippen molar-refractivity contribution in [3.8, 4) is 0 Å². The zero-order valence-electron chi connectivity index (χ0n) is 17.4. The average Bonchev–Trinajstić information content (AvgIpc) is 3.46. The van der Waals surface area contributed by atoms with Gasteiger partial charge in [-0.25, -0.2) is 9.18 Å². The minimum absolute atomic E-state index is 0.0167. The van der Waals surface area contributed by atoms with E-state index in [2.05, 4.69) is 5.32 Å². The Labute approximate surface area is 176 Å². The van der Waals surface area contributed by atoms with Gasteiger partial charge in [0.1, 0.15) is 11.4 Å². The summed E-state index contributed by atoms with van der Waals surface area (Å²) >= 11 is 0. The van der Waals surface area contributed by atoms with Crippen molar-refractivity contribution in [3.63, 3.8) is 0 Å². The molecule has 6 nitrogen and oxygen atoms in total. The molecular formula is C23H30FN3O3. The van der Waals surface area contributed by atoms with Crippen molar-refractivity contribution < 1.29 is 18.8 Å². The van der Waals surface area contributed by atoms with Gasteiger partial charge in [-0.2, -0.15) is 0 Å². The Morgan fingerprint density at radius 2 is 1.77 bits per heavy atom. The first-order valence-corrected chi connectivity index (χ1v) is 11.2. The van der Waals surface area contributed by atoms with Crippen LogP contribution >= 0.6 is 0 Å². The first-order valence-electron chi connectivity index (χ1n) is 11.2. The summed E-state index contributed by atoms with van der Waals surface area (Å²) in [7, 11) is 0. The quantitative estimate of drug-likeness (QED) is 0.694. The van der Waals surface area contributed by atoms with E-state index in [0.717, 1.165) is 44.1 Å². The number of nitrogens with one attached hydrogen (secondary N) is 1. The van der Waals surface area contributed by atoms with Crippen molar-refractivity contribution in [2.24, 2.45) is 0 Å². The van der Waals surface area contributed by atoms with Gasteiger partial charge in [0.25, 0.3) is 5.91 Å². The van der Waals surface area contributed by atoms with E-state index in [-0.39, 0.29) is 42.7 Å². The van der Waals surface area contributed by atoms with Crippen molar-refractivity contribution in [3.05, 3.63) is 35.6 Å². The Kier molecular flexibility index (Phi) is 6.06. The van der Waals surface area contributed by atoms with E-state index >= 15 is 0 Å². The number of imide groups is 1. The summed E-state index contributed by atoms with van der Waals surface area (Å²) in [6.07, 6.45) is 8.27. The predicted octanol–water partition coefficient (Wildman–Crippen LogP) is 3.39. The molecule has 3 aliphatic rings. The SMILES string of the molecule is O=C1NC2(CCCC2)C(=O)N1CCC(=O)N(CCc1ccc(F)cc1)C1CCCC1. The molecule has 1 saturated heterocycles. The van der Waals surface area contributed by atoms with Gasteiger partial charge in [-0.3, -0.25) is 14.5 Å². The lowest BCUT2D eigenvalue weighted by molar-refractivity contribution is -0.135. The summed E-state index contributed by atoms with van der Waals surface area (Å²) in [4.78, 5) is 41.4. The standard InChI is InChI=1S/C23H30FN3O3/c24-18-9-7-17(8-10-18)11-15-26(19-5-1-2-6-19)20(28)12-16-27-21(29)23(25-22(27)30)13-3-4-14-23/h7-10,19H,1-6,11-16H2,(H,25,30). The average molecular weight is 416 g/mol. The molecule has 1 aliphatic heterocycles. The third-order valence-corrected chi connectivity index (χ3v) is 6.89. The zero-order chi connectivity index (χ0) is 21.1. The van der Waals surface area contributed by atoms with Crippen LogP contribution in [0.25, 0.3) is 0 Å². The molecule has 1 heterocycles. The van der Waals surface area contributed by atoms with Crippen LogP contribution in [-0.2, 0) is 16.0 Å². The lowest BCUT2D eigenvalue weighted by Gasteiger charge is -2.30. The molecule has 4 amide bonds. The van der Waals surface area contributed by atoms with Crippen LogP contribution < -0.4 is 5.32 Å². The number of halogens is 1. The van der Waals surface area contributed by atoms with Gasteiger partial charge in [0.2, 0.25) is 5.91 Å². The normalized spacial score (nSPS) is 20.9. The van der Waals surface area contributed by atoms with Gasteiger partial charge in [-0.05, 0) is 49.8 Å². The molecule has 1 N–H and O–H groups in total. The largest absolute Gasteiger partial charge is 0.339 e. The molecule has 0 bridgehead atoms. The van der Waals surface area contributed by atoms with Crippen molar-refractivity contribution in [1.82, 2.24) is 15.1 Å².